The Morgan fingerprint density at radius 3 is 2.75 bits per heavy atom. The van der Waals surface area contributed by atoms with Gasteiger partial charge < -0.3 is 10.6 Å². The highest BCUT2D eigenvalue weighted by Crippen LogP contribution is 2.20. The van der Waals surface area contributed by atoms with E-state index >= 15 is 0 Å². The number of carbonyl (C=O) groups excluding carboxylic acids is 1. The van der Waals surface area contributed by atoms with Crippen LogP contribution in [-0.4, -0.2) is 38.4 Å². The van der Waals surface area contributed by atoms with E-state index in [4.69, 9.17) is 11.6 Å². The highest BCUT2D eigenvalue weighted by atomic mass is 35.5. The van der Waals surface area contributed by atoms with E-state index in [2.05, 4.69) is 10.6 Å². The molecule has 0 saturated carbocycles. The zero-order valence-corrected chi connectivity index (χ0v) is 12.5. The Hall–Kier alpha value is -1.11. The van der Waals surface area contributed by atoms with Crippen LogP contribution in [0.4, 0.5) is 5.69 Å². The van der Waals surface area contributed by atoms with Gasteiger partial charge in [-0.15, -0.1) is 0 Å². The molecule has 0 bridgehead atoms. The van der Waals surface area contributed by atoms with Gasteiger partial charge in [-0.2, -0.15) is 0 Å². The molecule has 1 heterocycles. The number of carbonyl (C=O) groups is 1. The summed E-state index contributed by atoms with van der Waals surface area (Å²) < 4.78 is 23.2. The first kappa shape index (κ1) is 15.3. The molecule has 0 radical (unpaired) electrons. The summed E-state index contributed by atoms with van der Waals surface area (Å²) in [5.74, 6) is 0.0130. The predicted octanol–water partition coefficient (Wildman–Crippen LogP) is 1.45. The van der Waals surface area contributed by atoms with Crippen LogP contribution < -0.4 is 10.6 Å². The number of hydrogen-bond acceptors (Lipinski definition) is 4. The van der Waals surface area contributed by atoms with Crippen molar-refractivity contribution in [3.05, 3.63) is 29.3 Å². The fourth-order valence-electron chi connectivity index (χ4n) is 2.19. The van der Waals surface area contributed by atoms with E-state index in [1.165, 1.54) is 0 Å². The largest absolute Gasteiger partial charge is 0.324 e. The Balaban J connectivity index is 1.77. The highest BCUT2D eigenvalue weighted by molar-refractivity contribution is 7.92. The molecule has 1 aromatic rings. The highest BCUT2D eigenvalue weighted by Gasteiger charge is 2.30. The van der Waals surface area contributed by atoms with Crippen molar-refractivity contribution in [3.63, 3.8) is 0 Å². The molecule has 7 heteroatoms. The second kappa shape index (κ2) is 6.56. The molecule has 1 aliphatic heterocycles. The van der Waals surface area contributed by atoms with Crippen LogP contribution in [0, 0.1) is 0 Å². The number of amides is 1. The number of rotatable bonds is 5. The smallest absolute Gasteiger partial charge is 0.238 e. The average Bonchev–Trinajstić information content (AvgIpc) is 2.72. The normalized spacial score (nSPS) is 20.8. The monoisotopic (exact) mass is 316 g/mol. The molecule has 2 rings (SSSR count). The SMILES string of the molecule is O=C(CNCC1CCCS1(=O)=O)Nc1ccccc1Cl. The third kappa shape index (κ3) is 3.94. The van der Waals surface area contributed by atoms with Crippen molar-refractivity contribution in [2.24, 2.45) is 0 Å². The second-order valence-electron chi connectivity index (χ2n) is 4.79. The first-order chi connectivity index (χ1) is 9.49. The van der Waals surface area contributed by atoms with Crippen molar-refractivity contribution in [3.8, 4) is 0 Å². The van der Waals surface area contributed by atoms with E-state index < -0.39 is 9.84 Å². The standard InChI is InChI=1S/C13H17ClN2O3S/c14-11-5-1-2-6-12(11)16-13(17)9-15-8-10-4-3-7-20(10,18)19/h1-2,5-6,10,15H,3-4,7-9H2,(H,16,17). The number of halogens is 1. The number of hydrogen-bond donors (Lipinski definition) is 2. The van der Waals surface area contributed by atoms with Crippen LogP contribution in [0.5, 0.6) is 0 Å². The van der Waals surface area contributed by atoms with Gasteiger partial charge in [0.25, 0.3) is 0 Å². The van der Waals surface area contributed by atoms with Gasteiger partial charge in [-0.25, -0.2) is 8.42 Å². The summed E-state index contributed by atoms with van der Waals surface area (Å²) in [6.07, 6.45) is 1.38. The maximum absolute atomic E-state index is 11.7. The average molecular weight is 317 g/mol. The third-order valence-corrected chi connectivity index (χ3v) is 5.87. The lowest BCUT2D eigenvalue weighted by Crippen LogP contribution is -2.35. The van der Waals surface area contributed by atoms with Crippen LogP contribution in [0.3, 0.4) is 0 Å². The molecule has 1 atom stereocenters. The summed E-state index contributed by atoms with van der Waals surface area (Å²) in [6.45, 7) is 0.384. The summed E-state index contributed by atoms with van der Waals surface area (Å²) in [5.41, 5.74) is 0.550. The molecule has 0 aromatic heterocycles. The molecule has 1 aliphatic rings. The molecular weight excluding hydrogens is 300 g/mol. The summed E-state index contributed by atoms with van der Waals surface area (Å²) >= 11 is 5.93. The van der Waals surface area contributed by atoms with Gasteiger partial charge in [0.1, 0.15) is 0 Å². The molecule has 0 spiro atoms. The maximum atomic E-state index is 11.7. The van der Waals surface area contributed by atoms with Gasteiger partial charge in [0.2, 0.25) is 5.91 Å². The van der Waals surface area contributed by atoms with E-state index in [1.54, 1.807) is 24.3 Å². The second-order valence-corrected chi connectivity index (χ2v) is 7.60. The van der Waals surface area contributed by atoms with E-state index in [-0.39, 0.29) is 23.5 Å². The molecule has 5 nitrogen and oxygen atoms in total. The molecule has 2 N–H and O–H groups in total. The lowest BCUT2D eigenvalue weighted by Gasteiger charge is -2.11. The topological polar surface area (TPSA) is 75.3 Å². The fourth-order valence-corrected chi connectivity index (χ4v) is 4.17. The van der Waals surface area contributed by atoms with E-state index in [0.29, 0.717) is 30.1 Å². The summed E-state index contributed by atoms with van der Waals surface area (Å²) in [6, 6.07) is 6.96. The fraction of sp³-hybridized carbons (Fsp3) is 0.462. The molecule has 1 saturated heterocycles. The Labute approximate surface area is 123 Å². The van der Waals surface area contributed by atoms with Gasteiger partial charge in [-0.05, 0) is 25.0 Å². The molecular formula is C13H17ClN2O3S. The molecule has 0 aliphatic carbocycles. The van der Waals surface area contributed by atoms with Gasteiger partial charge in [-0.3, -0.25) is 4.79 Å². The van der Waals surface area contributed by atoms with E-state index in [9.17, 15) is 13.2 Å². The third-order valence-electron chi connectivity index (χ3n) is 3.27. The van der Waals surface area contributed by atoms with Gasteiger partial charge in [0, 0.05) is 6.54 Å². The minimum Gasteiger partial charge on any atom is -0.324 e. The van der Waals surface area contributed by atoms with Crippen LogP contribution >= 0.6 is 11.6 Å². The Morgan fingerprint density at radius 1 is 1.35 bits per heavy atom. The van der Waals surface area contributed by atoms with Crippen LogP contribution in [-0.2, 0) is 14.6 Å². The Bertz CT molecular complexity index is 589. The van der Waals surface area contributed by atoms with Gasteiger partial charge in [0.15, 0.2) is 9.84 Å². The van der Waals surface area contributed by atoms with Crippen molar-refractivity contribution in [2.45, 2.75) is 18.1 Å². The predicted molar refractivity (Wildman–Crippen MR) is 79.8 cm³/mol. The van der Waals surface area contributed by atoms with Crippen LogP contribution in [0.2, 0.25) is 5.02 Å². The van der Waals surface area contributed by atoms with Crippen molar-refractivity contribution in [1.29, 1.82) is 0 Å². The maximum Gasteiger partial charge on any atom is 0.238 e. The van der Waals surface area contributed by atoms with E-state index in [0.717, 1.165) is 0 Å². The Kier molecular flexibility index (Phi) is 5.01. The van der Waals surface area contributed by atoms with Gasteiger partial charge >= 0.3 is 0 Å². The number of para-hydroxylation sites is 1. The number of anilines is 1. The van der Waals surface area contributed by atoms with Crippen molar-refractivity contribution in [1.82, 2.24) is 5.32 Å². The number of nitrogens with one attached hydrogen (secondary N) is 2. The van der Waals surface area contributed by atoms with Crippen molar-refractivity contribution < 1.29 is 13.2 Å². The molecule has 1 aromatic carbocycles. The lowest BCUT2D eigenvalue weighted by molar-refractivity contribution is -0.115. The van der Waals surface area contributed by atoms with E-state index in [1.807, 2.05) is 0 Å². The van der Waals surface area contributed by atoms with Crippen LogP contribution in [0.25, 0.3) is 0 Å². The quantitative estimate of drug-likeness (QED) is 0.862. The first-order valence-electron chi connectivity index (χ1n) is 6.46. The summed E-state index contributed by atoms with van der Waals surface area (Å²) in [4.78, 5) is 11.7. The van der Waals surface area contributed by atoms with Crippen molar-refractivity contribution >= 4 is 33.0 Å². The molecule has 1 amide bonds. The molecule has 1 unspecified atom stereocenters. The minimum atomic E-state index is -2.97. The lowest BCUT2D eigenvalue weighted by atomic mass is 10.2. The summed E-state index contributed by atoms with van der Waals surface area (Å²) in [5, 5.41) is 5.67. The first-order valence-corrected chi connectivity index (χ1v) is 8.55. The van der Waals surface area contributed by atoms with Crippen molar-refractivity contribution in [2.75, 3.05) is 24.2 Å². The zero-order valence-electron chi connectivity index (χ0n) is 10.9. The summed E-state index contributed by atoms with van der Waals surface area (Å²) in [7, 11) is -2.97. The van der Waals surface area contributed by atoms with Crippen LogP contribution in [0.1, 0.15) is 12.8 Å². The number of sulfone groups is 1. The van der Waals surface area contributed by atoms with Gasteiger partial charge in [-0.1, -0.05) is 23.7 Å². The molecule has 1 fully saturated rings. The van der Waals surface area contributed by atoms with Crippen LogP contribution in [0.15, 0.2) is 24.3 Å². The minimum absolute atomic E-state index is 0.0667. The molecule has 20 heavy (non-hydrogen) atoms. The number of benzene rings is 1. The Morgan fingerprint density at radius 2 is 2.10 bits per heavy atom. The molecule has 110 valence electrons. The zero-order chi connectivity index (χ0) is 14.6. The van der Waals surface area contributed by atoms with Gasteiger partial charge in [0.05, 0.1) is 28.3 Å².